The third kappa shape index (κ3) is 4.61. The minimum absolute atomic E-state index is 0.233. The average molecular weight is 409 g/mol. The molecule has 2 saturated heterocycles. The summed E-state index contributed by atoms with van der Waals surface area (Å²) >= 11 is 0. The molecule has 0 radical (unpaired) electrons. The maximum absolute atomic E-state index is 12.5. The smallest absolute Gasteiger partial charge is 0.225 e. The highest BCUT2D eigenvalue weighted by atomic mass is 16.2. The number of hydrogen-bond donors (Lipinski definition) is 0. The van der Waals surface area contributed by atoms with Crippen LogP contribution in [-0.2, 0) is 4.79 Å². The van der Waals surface area contributed by atoms with Crippen molar-refractivity contribution in [2.75, 3.05) is 51.2 Å². The molecule has 160 valence electrons. The van der Waals surface area contributed by atoms with Crippen LogP contribution in [0.5, 0.6) is 0 Å². The Morgan fingerprint density at radius 3 is 2.63 bits per heavy atom. The van der Waals surface area contributed by atoms with E-state index < -0.39 is 0 Å². The molecule has 2 fully saturated rings. The van der Waals surface area contributed by atoms with Crippen molar-refractivity contribution in [3.63, 3.8) is 0 Å². The van der Waals surface area contributed by atoms with Crippen molar-refractivity contribution < 1.29 is 4.79 Å². The lowest BCUT2D eigenvalue weighted by molar-refractivity contribution is -0.132. The van der Waals surface area contributed by atoms with Gasteiger partial charge in [-0.15, -0.1) is 0 Å². The van der Waals surface area contributed by atoms with Crippen LogP contribution in [0.25, 0.3) is 11.1 Å². The zero-order valence-corrected chi connectivity index (χ0v) is 18.1. The van der Waals surface area contributed by atoms with Crippen molar-refractivity contribution in [1.29, 1.82) is 0 Å². The summed E-state index contributed by atoms with van der Waals surface area (Å²) in [6.45, 7) is 7.59. The van der Waals surface area contributed by atoms with E-state index in [1.807, 2.05) is 35.6 Å². The number of rotatable bonds is 5. The topological polar surface area (TPSA) is 65.5 Å². The molecule has 30 heavy (non-hydrogen) atoms. The average Bonchev–Trinajstić information content (AvgIpc) is 2.80. The molecule has 0 aromatic carbocycles. The van der Waals surface area contributed by atoms with Gasteiger partial charge in [0.1, 0.15) is 0 Å². The fourth-order valence-corrected chi connectivity index (χ4v) is 4.41. The summed E-state index contributed by atoms with van der Waals surface area (Å²) in [4.78, 5) is 33.2. The Morgan fingerprint density at radius 1 is 1.13 bits per heavy atom. The predicted octanol–water partition coefficient (Wildman–Crippen LogP) is 2.80. The Hall–Kier alpha value is -2.54. The first-order valence-electron chi connectivity index (χ1n) is 11.1. The second-order valence-corrected chi connectivity index (χ2v) is 8.42. The lowest BCUT2D eigenvalue weighted by Crippen LogP contribution is -2.45. The number of pyridine rings is 1. The van der Waals surface area contributed by atoms with Crippen LogP contribution in [0.2, 0.25) is 0 Å². The van der Waals surface area contributed by atoms with Crippen LogP contribution < -0.4 is 4.90 Å². The number of nitrogens with zero attached hydrogens (tertiary/aromatic N) is 6. The predicted molar refractivity (Wildman–Crippen MR) is 118 cm³/mol. The van der Waals surface area contributed by atoms with E-state index in [0.717, 1.165) is 81.3 Å². The van der Waals surface area contributed by atoms with E-state index in [2.05, 4.69) is 28.8 Å². The first kappa shape index (κ1) is 20.7. The number of carbonyl (C=O) groups is 1. The summed E-state index contributed by atoms with van der Waals surface area (Å²) in [5.74, 6) is 1.31. The molecule has 7 nitrogen and oxygen atoms in total. The van der Waals surface area contributed by atoms with Gasteiger partial charge < -0.3 is 14.7 Å². The van der Waals surface area contributed by atoms with Crippen LogP contribution in [0.15, 0.2) is 30.7 Å². The Kier molecular flexibility index (Phi) is 6.57. The number of piperidine rings is 1. The zero-order valence-electron chi connectivity index (χ0n) is 18.1. The SMILES string of the molecule is CCCC(=O)N1CCC[C@@H](c2nc(N3CCN(C)CC3)ncc2-c2ccncc2)C1. The molecular formula is C23H32N6O. The fraction of sp³-hybridized carbons (Fsp3) is 0.565. The minimum atomic E-state index is 0.233. The van der Waals surface area contributed by atoms with Crippen LogP contribution in [-0.4, -0.2) is 77.0 Å². The van der Waals surface area contributed by atoms with E-state index >= 15 is 0 Å². The summed E-state index contributed by atoms with van der Waals surface area (Å²) in [5, 5.41) is 0. The zero-order chi connectivity index (χ0) is 20.9. The van der Waals surface area contributed by atoms with Crippen molar-refractivity contribution in [3.05, 3.63) is 36.4 Å². The lowest BCUT2D eigenvalue weighted by Gasteiger charge is -2.35. The van der Waals surface area contributed by atoms with Crippen molar-refractivity contribution in [2.45, 2.75) is 38.5 Å². The van der Waals surface area contributed by atoms with Crippen LogP contribution in [0.4, 0.5) is 5.95 Å². The Morgan fingerprint density at radius 2 is 1.90 bits per heavy atom. The molecule has 0 spiro atoms. The molecular weight excluding hydrogens is 376 g/mol. The summed E-state index contributed by atoms with van der Waals surface area (Å²) in [6, 6.07) is 4.03. The van der Waals surface area contributed by atoms with Gasteiger partial charge in [0, 0.05) is 75.8 Å². The summed E-state index contributed by atoms with van der Waals surface area (Å²) < 4.78 is 0. The summed E-state index contributed by atoms with van der Waals surface area (Å²) in [7, 11) is 2.15. The number of likely N-dealkylation sites (N-methyl/N-ethyl adjacent to an activating group) is 1. The number of likely N-dealkylation sites (tertiary alicyclic amines) is 1. The molecule has 0 aliphatic carbocycles. The molecule has 1 amide bonds. The van der Waals surface area contributed by atoms with Crippen molar-refractivity contribution in [2.24, 2.45) is 0 Å². The van der Waals surface area contributed by atoms with Crippen molar-refractivity contribution >= 4 is 11.9 Å². The van der Waals surface area contributed by atoms with Crippen LogP contribution >= 0.6 is 0 Å². The second kappa shape index (κ2) is 9.51. The number of carbonyl (C=O) groups excluding carboxylic acids is 1. The standard InChI is InChI=1S/C23H32N6O/c1-3-5-21(30)29-11-4-6-19(17-29)22-20(18-7-9-24-10-8-18)16-25-23(26-22)28-14-12-27(2)13-15-28/h7-10,16,19H,3-6,11-15,17H2,1-2H3/t19-/m1/s1. The molecule has 2 aliphatic heterocycles. The second-order valence-electron chi connectivity index (χ2n) is 8.42. The van der Waals surface area contributed by atoms with Gasteiger partial charge in [-0.05, 0) is 44.0 Å². The van der Waals surface area contributed by atoms with Gasteiger partial charge in [-0.3, -0.25) is 9.78 Å². The quantitative estimate of drug-likeness (QED) is 0.758. The van der Waals surface area contributed by atoms with E-state index in [1.54, 1.807) is 0 Å². The number of hydrogen-bond acceptors (Lipinski definition) is 6. The first-order chi connectivity index (χ1) is 14.7. The van der Waals surface area contributed by atoms with Gasteiger partial charge in [-0.25, -0.2) is 9.97 Å². The Balaban J connectivity index is 1.66. The summed E-state index contributed by atoms with van der Waals surface area (Å²) in [6.07, 6.45) is 9.18. The lowest BCUT2D eigenvalue weighted by atomic mass is 9.90. The van der Waals surface area contributed by atoms with Gasteiger partial charge in [-0.2, -0.15) is 0 Å². The molecule has 2 aromatic heterocycles. The molecule has 0 N–H and O–H groups in total. The maximum Gasteiger partial charge on any atom is 0.225 e. The van der Waals surface area contributed by atoms with Crippen molar-refractivity contribution in [3.8, 4) is 11.1 Å². The van der Waals surface area contributed by atoms with E-state index in [-0.39, 0.29) is 11.8 Å². The highest BCUT2D eigenvalue weighted by molar-refractivity contribution is 5.76. The van der Waals surface area contributed by atoms with Gasteiger partial charge in [0.2, 0.25) is 11.9 Å². The molecule has 7 heteroatoms. The first-order valence-corrected chi connectivity index (χ1v) is 11.1. The number of piperazine rings is 1. The van der Waals surface area contributed by atoms with Crippen LogP contribution in [0, 0.1) is 0 Å². The van der Waals surface area contributed by atoms with E-state index in [9.17, 15) is 4.79 Å². The van der Waals surface area contributed by atoms with E-state index in [0.29, 0.717) is 6.42 Å². The third-order valence-corrected chi connectivity index (χ3v) is 6.21. The number of aromatic nitrogens is 3. The molecule has 4 rings (SSSR count). The van der Waals surface area contributed by atoms with Crippen molar-refractivity contribution in [1.82, 2.24) is 24.8 Å². The third-order valence-electron chi connectivity index (χ3n) is 6.21. The number of amides is 1. The Bertz CT molecular complexity index is 850. The van der Waals surface area contributed by atoms with Gasteiger partial charge >= 0.3 is 0 Å². The van der Waals surface area contributed by atoms with Crippen LogP contribution in [0.1, 0.15) is 44.2 Å². The summed E-state index contributed by atoms with van der Waals surface area (Å²) in [5.41, 5.74) is 3.21. The van der Waals surface area contributed by atoms with Crippen LogP contribution in [0.3, 0.4) is 0 Å². The molecule has 0 saturated carbocycles. The molecule has 0 bridgehead atoms. The highest BCUT2D eigenvalue weighted by Gasteiger charge is 2.28. The molecule has 0 unspecified atom stereocenters. The monoisotopic (exact) mass is 408 g/mol. The van der Waals surface area contributed by atoms with Gasteiger partial charge in [0.25, 0.3) is 0 Å². The maximum atomic E-state index is 12.5. The van der Waals surface area contributed by atoms with Gasteiger partial charge in [0.05, 0.1) is 5.69 Å². The van der Waals surface area contributed by atoms with Gasteiger partial charge in [0.15, 0.2) is 0 Å². The molecule has 2 aliphatic rings. The van der Waals surface area contributed by atoms with E-state index in [1.165, 1.54) is 0 Å². The molecule has 2 aromatic rings. The molecule has 1 atom stereocenters. The number of anilines is 1. The fourth-order valence-electron chi connectivity index (χ4n) is 4.41. The molecule has 4 heterocycles. The largest absolute Gasteiger partial charge is 0.342 e. The Labute approximate surface area is 179 Å². The highest BCUT2D eigenvalue weighted by Crippen LogP contribution is 2.34. The van der Waals surface area contributed by atoms with Gasteiger partial charge in [-0.1, -0.05) is 6.92 Å². The van der Waals surface area contributed by atoms with E-state index in [4.69, 9.17) is 9.97 Å². The normalized spacial score (nSPS) is 20.4. The minimum Gasteiger partial charge on any atom is -0.342 e.